The molecule has 2 atom stereocenters. The molecule has 0 rings (SSSR count). The first-order valence-electron chi connectivity index (χ1n) is 6.10. The van der Waals surface area contributed by atoms with E-state index in [1.54, 1.807) is 11.9 Å². The molecule has 2 unspecified atom stereocenters. The summed E-state index contributed by atoms with van der Waals surface area (Å²) < 4.78 is 0. The third-order valence-electron chi connectivity index (χ3n) is 3.23. The monoisotopic (exact) mass is 244 g/mol. The van der Waals surface area contributed by atoms with Gasteiger partial charge in [0.05, 0.1) is 0 Å². The molecule has 5 nitrogen and oxygen atoms in total. The number of carboxylic acids is 1. The van der Waals surface area contributed by atoms with E-state index in [-0.39, 0.29) is 24.7 Å². The second-order valence-electron chi connectivity index (χ2n) is 4.43. The van der Waals surface area contributed by atoms with Crippen molar-refractivity contribution in [2.24, 2.45) is 0 Å². The second kappa shape index (κ2) is 7.14. The number of rotatable bonds is 6. The van der Waals surface area contributed by atoms with Crippen LogP contribution >= 0.6 is 0 Å². The van der Waals surface area contributed by atoms with Crippen molar-refractivity contribution in [2.75, 3.05) is 13.6 Å². The molecular weight excluding hydrogens is 220 g/mol. The smallest absolute Gasteiger partial charge is 0.323 e. The number of aliphatic carboxylic acids is 1. The molecule has 2 amide bonds. The summed E-state index contributed by atoms with van der Waals surface area (Å²) in [6, 6.07) is -0.163. The number of carbonyl (C=O) groups is 2. The van der Waals surface area contributed by atoms with Crippen LogP contribution in [0.1, 0.15) is 40.5 Å². The van der Waals surface area contributed by atoms with Crippen molar-refractivity contribution >= 4 is 12.0 Å². The van der Waals surface area contributed by atoms with Crippen LogP contribution < -0.4 is 0 Å². The molecule has 0 aromatic rings. The molecule has 0 fully saturated rings. The van der Waals surface area contributed by atoms with Gasteiger partial charge in [-0.3, -0.25) is 4.79 Å². The Hall–Kier alpha value is -1.26. The highest BCUT2D eigenvalue weighted by Crippen LogP contribution is 2.10. The maximum Gasteiger partial charge on any atom is 0.323 e. The summed E-state index contributed by atoms with van der Waals surface area (Å²) in [7, 11) is 1.72. The Bertz CT molecular complexity index is 268. The third kappa shape index (κ3) is 4.63. The quantitative estimate of drug-likeness (QED) is 0.777. The number of amides is 2. The molecule has 100 valence electrons. The molecule has 5 heteroatoms. The molecule has 0 heterocycles. The largest absolute Gasteiger partial charge is 0.480 e. The lowest BCUT2D eigenvalue weighted by Crippen LogP contribution is -2.50. The lowest BCUT2D eigenvalue weighted by Gasteiger charge is -2.34. The highest BCUT2D eigenvalue weighted by atomic mass is 16.4. The Labute approximate surface area is 103 Å². The normalized spacial score (nSPS) is 13.9. The SMILES string of the molecule is CCC(C)N(C)C(=O)N(CC(=O)O)C(C)CC. The van der Waals surface area contributed by atoms with Crippen LogP contribution in [-0.4, -0.2) is 52.6 Å². The predicted octanol–water partition coefficient (Wildman–Crippen LogP) is 2.02. The highest BCUT2D eigenvalue weighted by Gasteiger charge is 2.26. The summed E-state index contributed by atoms with van der Waals surface area (Å²) in [5, 5.41) is 8.84. The van der Waals surface area contributed by atoms with Crippen molar-refractivity contribution in [2.45, 2.75) is 52.6 Å². The van der Waals surface area contributed by atoms with Crippen molar-refractivity contribution in [3.8, 4) is 0 Å². The summed E-state index contributed by atoms with van der Waals surface area (Å²) in [4.78, 5) is 26.0. The summed E-state index contributed by atoms with van der Waals surface area (Å²) in [5.74, 6) is -0.976. The number of carboxylic acid groups (broad SMARTS) is 1. The van der Waals surface area contributed by atoms with Gasteiger partial charge >= 0.3 is 12.0 Å². The number of hydrogen-bond acceptors (Lipinski definition) is 2. The van der Waals surface area contributed by atoms with E-state index in [1.807, 2.05) is 27.7 Å². The van der Waals surface area contributed by atoms with Gasteiger partial charge in [0.15, 0.2) is 0 Å². The van der Waals surface area contributed by atoms with Crippen LogP contribution in [0.4, 0.5) is 4.79 Å². The molecule has 0 aliphatic rings. The Morgan fingerprint density at radius 3 is 1.94 bits per heavy atom. The van der Waals surface area contributed by atoms with Crippen molar-refractivity contribution in [3.05, 3.63) is 0 Å². The fourth-order valence-corrected chi connectivity index (χ4v) is 1.44. The topological polar surface area (TPSA) is 60.9 Å². The predicted molar refractivity (Wildman–Crippen MR) is 67.0 cm³/mol. The molecule has 0 aromatic carbocycles. The van der Waals surface area contributed by atoms with Crippen LogP contribution in [0.5, 0.6) is 0 Å². The first-order valence-corrected chi connectivity index (χ1v) is 6.10. The Morgan fingerprint density at radius 1 is 1.12 bits per heavy atom. The van der Waals surface area contributed by atoms with Crippen LogP contribution in [0.15, 0.2) is 0 Å². The van der Waals surface area contributed by atoms with E-state index in [0.29, 0.717) is 0 Å². The molecule has 1 N–H and O–H groups in total. The molecule has 0 spiro atoms. The van der Waals surface area contributed by atoms with E-state index in [9.17, 15) is 9.59 Å². The van der Waals surface area contributed by atoms with Crippen molar-refractivity contribution < 1.29 is 14.7 Å². The summed E-state index contributed by atoms with van der Waals surface area (Å²) in [6.45, 7) is 7.52. The minimum absolute atomic E-state index is 0.0647. The number of nitrogens with zero attached hydrogens (tertiary/aromatic N) is 2. The average molecular weight is 244 g/mol. The summed E-state index contributed by atoms with van der Waals surface area (Å²) >= 11 is 0. The van der Waals surface area contributed by atoms with Gasteiger partial charge < -0.3 is 14.9 Å². The zero-order chi connectivity index (χ0) is 13.6. The van der Waals surface area contributed by atoms with Gasteiger partial charge in [-0.1, -0.05) is 13.8 Å². The Morgan fingerprint density at radius 2 is 1.59 bits per heavy atom. The van der Waals surface area contributed by atoms with Gasteiger partial charge in [-0.2, -0.15) is 0 Å². The van der Waals surface area contributed by atoms with Gasteiger partial charge in [-0.15, -0.1) is 0 Å². The maximum absolute atomic E-state index is 12.2. The van der Waals surface area contributed by atoms with E-state index >= 15 is 0 Å². The van der Waals surface area contributed by atoms with Crippen LogP contribution in [0, 0.1) is 0 Å². The standard InChI is InChI=1S/C12H24N2O3/c1-6-9(3)13(5)12(17)14(8-11(15)16)10(4)7-2/h9-10H,6-8H2,1-5H3,(H,15,16). The summed E-state index contributed by atoms with van der Waals surface area (Å²) in [5.41, 5.74) is 0. The number of hydrogen-bond donors (Lipinski definition) is 1. The van der Waals surface area contributed by atoms with E-state index in [4.69, 9.17) is 5.11 Å². The fraction of sp³-hybridized carbons (Fsp3) is 0.833. The zero-order valence-corrected chi connectivity index (χ0v) is 11.4. The molecule has 0 bridgehead atoms. The van der Waals surface area contributed by atoms with Crippen molar-refractivity contribution in [1.29, 1.82) is 0 Å². The molecule has 0 radical (unpaired) electrons. The van der Waals surface area contributed by atoms with Gasteiger partial charge in [0, 0.05) is 19.1 Å². The average Bonchev–Trinajstić information content (AvgIpc) is 2.31. The first kappa shape index (κ1) is 15.7. The zero-order valence-electron chi connectivity index (χ0n) is 11.4. The highest BCUT2D eigenvalue weighted by molar-refractivity contribution is 5.80. The van der Waals surface area contributed by atoms with Gasteiger partial charge in [0.25, 0.3) is 0 Å². The lowest BCUT2D eigenvalue weighted by molar-refractivity contribution is -0.138. The summed E-state index contributed by atoms with van der Waals surface area (Å²) in [6.07, 6.45) is 1.59. The van der Waals surface area contributed by atoms with Crippen LogP contribution in [0.2, 0.25) is 0 Å². The van der Waals surface area contributed by atoms with Gasteiger partial charge in [-0.25, -0.2) is 4.79 Å². The molecule has 0 aromatic heterocycles. The molecule has 17 heavy (non-hydrogen) atoms. The van der Waals surface area contributed by atoms with E-state index in [0.717, 1.165) is 12.8 Å². The van der Waals surface area contributed by atoms with E-state index in [2.05, 4.69) is 0 Å². The third-order valence-corrected chi connectivity index (χ3v) is 3.23. The van der Waals surface area contributed by atoms with E-state index < -0.39 is 5.97 Å². The fourth-order valence-electron chi connectivity index (χ4n) is 1.44. The molecule has 0 aliphatic carbocycles. The number of carbonyl (C=O) groups excluding carboxylic acids is 1. The van der Waals surface area contributed by atoms with Crippen LogP contribution in [-0.2, 0) is 4.79 Å². The Balaban J connectivity index is 4.79. The molecule has 0 saturated heterocycles. The Kier molecular flexibility index (Phi) is 6.61. The van der Waals surface area contributed by atoms with Gasteiger partial charge in [-0.05, 0) is 26.7 Å². The minimum atomic E-state index is -0.976. The van der Waals surface area contributed by atoms with Crippen molar-refractivity contribution in [3.63, 3.8) is 0 Å². The second-order valence-corrected chi connectivity index (χ2v) is 4.43. The first-order chi connectivity index (χ1) is 7.84. The van der Waals surface area contributed by atoms with Gasteiger partial charge in [0.1, 0.15) is 6.54 Å². The van der Waals surface area contributed by atoms with Gasteiger partial charge in [0.2, 0.25) is 0 Å². The number of urea groups is 1. The van der Waals surface area contributed by atoms with Crippen molar-refractivity contribution in [1.82, 2.24) is 9.80 Å². The molecule has 0 saturated carbocycles. The van der Waals surface area contributed by atoms with E-state index in [1.165, 1.54) is 4.90 Å². The molecular formula is C12H24N2O3. The van der Waals surface area contributed by atoms with Crippen LogP contribution in [0.3, 0.4) is 0 Å². The molecule has 0 aliphatic heterocycles. The lowest BCUT2D eigenvalue weighted by atomic mass is 10.2. The maximum atomic E-state index is 12.2. The minimum Gasteiger partial charge on any atom is -0.480 e. The van der Waals surface area contributed by atoms with Crippen LogP contribution in [0.25, 0.3) is 0 Å².